The molecule has 0 bridgehead atoms. The molecule has 0 aliphatic rings. The first-order chi connectivity index (χ1) is 9.88. The van der Waals surface area contributed by atoms with Crippen LogP contribution in [0.4, 0.5) is 13.2 Å². The monoisotopic (exact) mass is 300 g/mol. The minimum absolute atomic E-state index is 0.184. The predicted molar refractivity (Wildman–Crippen MR) is 75.3 cm³/mol. The Morgan fingerprint density at radius 2 is 2.05 bits per heavy atom. The third kappa shape index (κ3) is 3.20. The molecule has 2 rings (SSSR count). The average molecular weight is 300 g/mol. The van der Waals surface area contributed by atoms with Crippen molar-refractivity contribution in [2.75, 3.05) is 13.7 Å². The van der Waals surface area contributed by atoms with Gasteiger partial charge in [-0.25, -0.2) is 4.98 Å². The molecule has 1 aromatic carbocycles. The highest BCUT2D eigenvalue weighted by atomic mass is 19.4. The van der Waals surface area contributed by atoms with Gasteiger partial charge in [0.15, 0.2) is 0 Å². The Bertz CT molecular complexity index is 619. The number of methoxy groups -OCH3 is 1. The molecule has 21 heavy (non-hydrogen) atoms. The summed E-state index contributed by atoms with van der Waals surface area (Å²) >= 11 is 0. The molecule has 1 unspecified atom stereocenters. The molecule has 0 radical (unpaired) electrons. The third-order valence-electron chi connectivity index (χ3n) is 3.68. The van der Waals surface area contributed by atoms with Crippen molar-refractivity contribution in [3.63, 3.8) is 0 Å². The summed E-state index contributed by atoms with van der Waals surface area (Å²) in [7, 11) is 1.60. The van der Waals surface area contributed by atoms with Crippen LogP contribution >= 0.6 is 0 Å². The number of rotatable bonds is 5. The van der Waals surface area contributed by atoms with Gasteiger partial charge in [-0.15, -0.1) is 0 Å². The molecule has 0 fully saturated rings. The first kappa shape index (κ1) is 15.8. The molecular formula is C15H19F3N2O. The summed E-state index contributed by atoms with van der Waals surface area (Å²) in [5.41, 5.74) is 0.439. The van der Waals surface area contributed by atoms with Gasteiger partial charge in [0.1, 0.15) is 5.82 Å². The number of imidazole rings is 1. The highest BCUT2D eigenvalue weighted by molar-refractivity contribution is 5.77. The van der Waals surface area contributed by atoms with Crippen molar-refractivity contribution in [1.82, 2.24) is 9.55 Å². The number of nitrogens with zero attached hydrogens (tertiary/aromatic N) is 2. The maximum atomic E-state index is 12.8. The van der Waals surface area contributed by atoms with Gasteiger partial charge in [-0.2, -0.15) is 13.2 Å². The maximum Gasteiger partial charge on any atom is 0.416 e. The van der Waals surface area contributed by atoms with Crippen molar-refractivity contribution >= 4 is 11.0 Å². The van der Waals surface area contributed by atoms with Gasteiger partial charge in [0, 0.05) is 19.6 Å². The molecular weight excluding hydrogens is 281 g/mol. The van der Waals surface area contributed by atoms with Crippen LogP contribution in [0.5, 0.6) is 0 Å². The second-order valence-electron chi connectivity index (χ2n) is 5.12. The van der Waals surface area contributed by atoms with Crippen molar-refractivity contribution in [2.24, 2.45) is 0 Å². The van der Waals surface area contributed by atoms with E-state index in [1.54, 1.807) is 7.11 Å². The summed E-state index contributed by atoms with van der Waals surface area (Å²) in [6.45, 7) is 5.13. The molecule has 0 aliphatic heterocycles. The van der Waals surface area contributed by atoms with Crippen LogP contribution in [-0.2, 0) is 17.5 Å². The fourth-order valence-electron chi connectivity index (χ4n) is 2.30. The summed E-state index contributed by atoms with van der Waals surface area (Å²) in [4.78, 5) is 4.42. The topological polar surface area (TPSA) is 27.1 Å². The van der Waals surface area contributed by atoms with Gasteiger partial charge in [0.05, 0.1) is 23.2 Å². The van der Waals surface area contributed by atoms with Crippen LogP contribution < -0.4 is 0 Å². The summed E-state index contributed by atoms with van der Waals surface area (Å²) in [6, 6.07) is 3.71. The standard InChI is InChI=1S/C15H19F3N2O/c1-4-10(2)14-19-12-9-11(15(16,17)18)5-6-13(12)20(14)7-8-21-3/h5-6,9-10H,4,7-8H2,1-3H3. The third-order valence-corrected chi connectivity index (χ3v) is 3.68. The summed E-state index contributed by atoms with van der Waals surface area (Å²) < 4.78 is 45.4. The normalized spacial score (nSPS) is 13.8. The Labute approximate surface area is 121 Å². The van der Waals surface area contributed by atoms with Gasteiger partial charge in [-0.05, 0) is 24.6 Å². The second-order valence-corrected chi connectivity index (χ2v) is 5.12. The Kier molecular flexibility index (Phi) is 4.56. The lowest BCUT2D eigenvalue weighted by molar-refractivity contribution is -0.137. The Morgan fingerprint density at radius 1 is 1.33 bits per heavy atom. The number of alkyl halides is 3. The van der Waals surface area contributed by atoms with E-state index >= 15 is 0 Å². The van der Waals surface area contributed by atoms with E-state index in [2.05, 4.69) is 4.98 Å². The van der Waals surface area contributed by atoms with Crippen molar-refractivity contribution in [2.45, 2.75) is 38.9 Å². The lowest BCUT2D eigenvalue weighted by Crippen LogP contribution is -2.10. The highest BCUT2D eigenvalue weighted by Gasteiger charge is 2.31. The molecule has 1 atom stereocenters. The fourth-order valence-corrected chi connectivity index (χ4v) is 2.30. The molecule has 116 valence electrons. The first-order valence-electron chi connectivity index (χ1n) is 6.94. The minimum Gasteiger partial charge on any atom is -0.383 e. The van der Waals surface area contributed by atoms with E-state index in [1.165, 1.54) is 6.07 Å². The molecule has 0 saturated heterocycles. The zero-order chi connectivity index (χ0) is 15.6. The molecule has 1 heterocycles. The molecule has 0 spiro atoms. The number of halogens is 3. The van der Waals surface area contributed by atoms with Gasteiger partial charge < -0.3 is 9.30 Å². The van der Waals surface area contributed by atoms with E-state index < -0.39 is 11.7 Å². The predicted octanol–water partition coefficient (Wildman–Crippen LogP) is 4.22. The van der Waals surface area contributed by atoms with E-state index in [9.17, 15) is 13.2 Å². The quantitative estimate of drug-likeness (QED) is 0.827. The van der Waals surface area contributed by atoms with E-state index in [1.807, 2.05) is 18.4 Å². The van der Waals surface area contributed by atoms with Crippen molar-refractivity contribution in [1.29, 1.82) is 0 Å². The Morgan fingerprint density at radius 3 is 2.62 bits per heavy atom. The van der Waals surface area contributed by atoms with Crippen molar-refractivity contribution in [3.05, 3.63) is 29.6 Å². The highest BCUT2D eigenvalue weighted by Crippen LogP contribution is 2.32. The number of aromatic nitrogens is 2. The van der Waals surface area contributed by atoms with Crippen LogP contribution in [-0.4, -0.2) is 23.3 Å². The van der Waals surface area contributed by atoms with Gasteiger partial charge in [0.25, 0.3) is 0 Å². The molecule has 1 aromatic heterocycles. The first-order valence-corrected chi connectivity index (χ1v) is 6.94. The van der Waals surface area contributed by atoms with Crippen LogP contribution in [0.15, 0.2) is 18.2 Å². The summed E-state index contributed by atoms with van der Waals surface area (Å²) in [5.74, 6) is 0.993. The number of benzene rings is 1. The lowest BCUT2D eigenvalue weighted by Gasteiger charge is -2.13. The zero-order valence-corrected chi connectivity index (χ0v) is 12.4. The Hall–Kier alpha value is -1.56. The van der Waals surface area contributed by atoms with Gasteiger partial charge in [-0.3, -0.25) is 0 Å². The summed E-state index contributed by atoms with van der Waals surface area (Å²) in [6.07, 6.45) is -3.47. The largest absolute Gasteiger partial charge is 0.416 e. The maximum absolute atomic E-state index is 12.8. The molecule has 0 amide bonds. The molecule has 6 heteroatoms. The second kappa shape index (κ2) is 6.05. The van der Waals surface area contributed by atoms with Crippen LogP contribution in [0.1, 0.15) is 37.6 Å². The smallest absolute Gasteiger partial charge is 0.383 e. The Balaban J connectivity index is 2.55. The van der Waals surface area contributed by atoms with Crippen LogP contribution in [0, 0.1) is 0 Å². The summed E-state index contributed by atoms with van der Waals surface area (Å²) in [5, 5.41) is 0. The molecule has 2 aromatic rings. The van der Waals surface area contributed by atoms with E-state index in [0.29, 0.717) is 18.7 Å². The fraction of sp³-hybridized carbons (Fsp3) is 0.533. The average Bonchev–Trinajstić information content (AvgIpc) is 2.81. The van der Waals surface area contributed by atoms with Gasteiger partial charge in [-0.1, -0.05) is 13.8 Å². The van der Waals surface area contributed by atoms with Crippen LogP contribution in [0.25, 0.3) is 11.0 Å². The van der Waals surface area contributed by atoms with Crippen LogP contribution in [0.3, 0.4) is 0 Å². The van der Waals surface area contributed by atoms with Crippen LogP contribution in [0.2, 0.25) is 0 Å². The SMILES string of the molecule is CCC(C)c1nc2cc(C(F)(F)F)ccc2n1CCOC. The van der Waals surface area contributed by atoms with E-state index in [4.69, 9.17) is 4.74 Å². The molecule has 0 aliphatic carbocycles. The van der Waals surface area contributed by atoms with Gasteiger partial charge >= 0.3 is 6.18 Å². The van der Waals surface area contributed by atoms with Gasteiger partial charge in [0.2, 0.25) is 0 Å². The number of fused-ring (bicyclic) bond motifs is 1. The minimum atomic E-state index is -4.35. The molecule has 3 nitrogen and oxygen atoms in total. The molecule has 0 N–H and O–H groups in total. The molecule has 0 saturated carbocycles. The van der Waals surface area contributed by atoms with Crippen molar-refractivity contribution in [3.8, 4) is 0 Å². The van der Waals surface area contributed by atoms with Crippen molar-refractivity contribution < 1.29 is 17.9 Å². The zero-order valence-electron chi connectivity index (χ0n) is 12.4. The number of hydrogen-bond acceptors (Lipinski definition) is 2. The van der Waals surface area contributed by atoms with E-state index in [0.717, 1.165) is 29.9 Å². The van der Waals surface area contributed by atoms with E-state index in [-0.39, 0.29) is 5.92 Å². The number of ether oxygens (including phenoxy) is 1. The lowest BCUT2D eigenvalue weighted by atomic mass is 10.1. The number of hydrogen-bond donors (Lipinski definition) is 0.